The molecular formula is C13H8ClN3. The van der Waals surface area contributed by atoms with Crippen LogP contribution in [-0.4, -0.2) is 15.0 Å². The first-order valence-electron chi connectivity index (χ1n) is 5.14. The van der Waals surface area contributed by atoms with Gasteiger partial charge < -0.3 is 0 Å². The van der Waals surface area contributed by atoms with Crippen molar-refractivity contribution in [1.29, 1.82) is 0 Å². The van der Waals surface area contributed by atoms with E-state index in [1.807, 2.05) is 24.3 Å². The first-order valence-corrected chi connectivity index (χ1v) is 5.52. The number of hydrogen-bond donors (Lipinski definition) is 0. The number of halogens is 1. The van der Waals surface area contributed by atoms with Crippen LogP contribution >= 0.6 is 11.6 Å². The molecule has 4 heteroatoms. The Balaban J connectivity index is 2.33. The molecule has 82 valence electrons. The van der Waals surface area contributed by atoms with E-state index >= 15 is 0 Å². The van der Waals surface area contributed by atoms with Crippen molar-refractivity contribution in [2.24, 2.45) is 0 Å². The zero-order valence-electron chi connectivity index (χ0n) is 8.84. The largest absolute Gasteiger partial charge is 0.244 e. The summed E-state index contributed by atoms with van der Waals surface area (Å²) in [6.45, 7) is 0. The van der Waals surface area contributed by atoms with Crippen molar-refractivity contribution in [3.63, 3.8) is 0 Å². The Morgan fingerprint density at radius 3 is 2.65 bits per heavy atom. The van der Waals surface area contributed by atoms with Gasteiger partial charge in [-0.25, -0.2) is 15.0 Å². The molecule has 3 rings (SSSR count). The third kappa shape index (κ3) is 1.85. The quantitative estimate of drug-likeness (QED) is 0.614. The lowest BCUT2D eigenvalue weighted by molar-refractivity contribution is 1.17. The smallest absolute Gasteiger partial charge is 0.129 e. The zero-order chi connectivity index (χ0) is 11.7. The first kappa shape index (κ1) is 10.2. The van der Waals surface area contributed by atoms with Crippen molar-refractivity contribution in [3.05, 3.63) is 54.3 Å². The fraction of sp³-hybridized carbons (Fsp3) is 0. The molecule has 3 nitrogen and oxygen atoms in total. The minimum Gasteiger partial charge on any atom is -0.244 e. The Morgan fingerprint density at radius 1 is 1.00 bits per heavy atom. The summed E-state index contributed by atoms with van der Waals surface area (Å²) in [4.78, 5) is 12.1. The van der Waals surface area contributed by atoms with E-state index < -0.39 is 0 Å². The Hall–Kier alpha value is -2.00. The molecule has 0 aliphatic rings. The summed E-state index contributed by atoms with van der Waals surface area (Å²) in [5, 5.41) is 2.60. The Kier molecular flexibility index (Phi) is 2.46. The standard InChI is InChI=1S/C13H8ClN3/c14-13-4-12-9(7-17-13)2-1-3-11(12)10-5-15-8-16-6-10/h1-8H. The lowest BCUT2D eigenvalue weighted by atomic mass is 10.0. The van der Waals surface area contributed by atoms with Gasteiger partial charge in [-0.2, -0.15) is 0 Å². The van der Waals surface area contributed by atoms with E-state index in [2.05, 4.69) is 15.0 Å². The summed E-state index contributed by atoms with van der Waals surface area (Å²) in [7, 11) is 0. The van der Waals surface area contributed by atoms with Crippen molar-refractivity contribution >= 4 is 22.4 Å². The summed E-state index contributed by atoms with van der Waals surface area (Å²) < 4.78 is 0. The molecule has 0 saturated heterocycles. The van der Waals surface area contributed by atoms with Crippen LogP contribution in [0.25, 0.3) is 21.9 Å². The number of fused-ring (bicyclic) bond motifs is 1. The number of hydrogen-bond acceptors (Lipinski definition) is 3. The van der Waals surface area contributed by atoms with Crippen LogP contribution in [0.4, 0.5) is 0 Å². The van der Waals surface area contributed by atoms with Crippen molar-refractivity contribution < 1.29 is 0 Å². The molecule has 0 radical (unpaired) electrons. The van der Waals surface area contributed by atoms with Crippen LogP contribution in [0.1, 0.15) is 0 Å². The van der Waals surface area contributed by atoms with Gasteiger partial charge in [-0.3, -0.25) is 0 Å². The van der Waals surface area contributed by atoms with Crippen molar-refractivity contribution in [3.8, 4) is 11.1 Å². The Bertz CT molecular complexity index is 668. The number of benzene rings is 1. The topological polar surface area (TPSA) is 38.7 Å². The highest BCUT2D eigenvalue weighted by Crippen LogP contribution is 2.28. The second-order valence-corrected chi connectivity index (χ2v) is 4.05. The van der Waals surface area contributed by atoms with Gasteiger partial charge in [0.05, 0.1) is 0 Å². The Morgan fingerprint density at radius 2 is 1.82 bits per heavy atom. The normalized spacial score (nSPS) is 10.6. The van der Waals surface area contributed by atoms with Crippen molar-refractivity contribution in [2.75, 3.05) is 0 Å². The fourth-order valence-electron chi connectivity index (χ4n) is 1.83. The average molecular weight is 242 g/mol. The zero-order valence-corrected chi connectivity index (χ0v) is 9.59. The maximum absolute atomic E-state index is 5.94. The summed E-state index contributed by atoms with van der Waals surface area (Å²) in [5.74, 6) is 0. The second kappa shape index (κ2) is 4.11. The van der Waals surface area contributed by atoms with Gasteiger partial charge in [0.1, 0.15) is 11.5 Å². The molecule has 0 N–H and O–H groups in total. The molecule has 0 amide bonds. The summed E-state index contributed by atoms with van der Waals surface area (Å²) >= 11 is 5.94. The highest BCUT2D eigenvalue weighted by molar-refractivity contribution is 6.30. The fourth-order valence-corrected chi connectivity index (χ4v) is 1.99. The third-order valence-corrected chi connectivity index (χ3v) is 2.81. The highest BCUT2D eigenvalue weighted by Gasteiger charge is 2.04. The van der Waals surface area contributed by atoms with Crippen LogP contribution < -0.4 is 0 Å². The minimum absolute atomic E-state index is 0.488. The summed E-state index contributed by atoms with van der Waals surface area (Å²) in [6, 6.07) is 7.88. The number of rotatable bonds is 1. The van der Waals surface area contributed by atoms with Gasteiger partial charge in [0.15, 0.2) is 0 Å². The molecule has 3 aromatic rings. The van der Waals surface area contributed by atoms with Gasteiger partial charge in [-0.05, 0) is 17.0 Å². The third-order valence-electron chi connectivity index (χ3n) is 2.60. The van der Waals surface area contributed by atoms with Crippen LogP contribution in [0.15, 0.2) is 49.2 Å². The summed E-state index contributed by atoms with van der Waals surface area (Å²) in [5.41, 5.74) is 2.03. The molecule has 0 fully saturated rings. The van der Waals surface area contributed by atoms with Crippen LogP contribution in [0.5, 0.6) is 0 Å². The SMILES string of the molecule is Clc1cc2c(-c3cncnc3)cccc2cn1. The highest BCUT2D eigenvalue weighted by atomic mass is 35.5. The molecule has 0 aliphatic heterocycles. The van der Waals surface area contributed by atoms with E-state index in [4.69, 9.17) is 11.6 Å². The molecule has 0 bridgehead atoms. The average Bonchev–Trinajstić information content (AvgIpc) is 2.39. The lowest BCUT2D eigenvalue weighted by Gasteiger charge is -2.05. The molecular weight excluding hydrogens is 234 g/mol. The van der Waals surface area contributed by atoms with Crippen molar-refractivity contribution in [1.82, 2.24) is 15.0 Å². The Labute approximate surface area is 103 Å². The molecule has 2 heterocycles. The van der Waals surface area contributed by atoms with E-state index in [9.17, 15) is 0 Å². The molecule has 0 saturated carbocycles. The molecule has 1 aromatic carbocycles. The van der Waals surface area contributed by atoms with Crippen LogP contribution in [-0.2, 0) is 0 Å². The van der Waals surface area contributed by atoms with E-state index in [1.54, 1.807) is 18.6 Å². The molecule has 2 aromatic heterocycles. The predicted molar refractivity (Wildman–Crippen MR) is 67.8 cm³/mol. The van der Waals surface area contributed by atoms with Gasteiger partial charge in [0.2, 0.25) is 0 Å². The van der Waals surface area contributed by atoms with Gasteiger partial charge in [0, 0.05) is 29.5 Å². The van der Waals surface area contributed by atoms with E-state index in [0.29, 0.717) is 5.15 Å². The van der Waals surface area contributed by atoms with E-state index in [1.165, 1.54) is 6.33 Å². The molecule has 0 spiro atoms. The van der Waals surface area contributed by atoms with Crippen LogP contribution in [0.3, 0.4) is 0 Å². The van der Waals surface area contributed by atoms with Crippen LogP contribution in [0, 0.1) is 0 Å². The van der Waals surface area contributed by atoms with Gasteiger partial charge >= 0.3 is 0 Å². The number of pyridine rings is 1. The maximum Gasteiger partial charge on any atom is 0.129 e. The maximum atomic E-state index is 5.94. The van der Waals surface area contributed by atoms with Gasteiger partial charge in [-0.15, -0.1) is 0 Å². The van der Waals surface area contributed by atoms with E-state index in [-0.39, 0.29) is 0 Å². The molecule has 17 heavy (non-hydrogen) atoms. The van der Waals surface area contributed by atoms with E-state index in [0.717, 1.165) is 21.9 Å². The summed E-state index contributed by atoms with van der Waals surface area (Å²) in [6.07, 6.45) is 6.86. The molecule has 0 unspecified atom stereocenters. The minimum atomic E-state index is 0.488. The number of nitrogens with zero attached hydrogens (tertiary/aromatic N) is 3. The van der Waals surface area contributed by atoms with Gasteiger partial charge in [0.25, 0.3) is 0 Å². The monoisotopic (exact) mass is 241 g/mol. The first-order chi connectivity index (χ1) is 8.34. The molecule has 0 atom stereocenters. The van der Waals surface area contributed by atoms with Crippen molar-refractivity contribution in [2.45, 2.75) is 0 Å². The number of aromatic nitrogens is 3. The second-order valence-electron chi connectivity index (χ2n) is 3.66. The van der Waals surface area contributed by atoms with Gasteiger partial charge in [-0.1, -0.05) is 29.8 Å². The lowest BCUT2D eigenvalue weighted by Crippen LogP contribution is -1.85. The molecule has 0 aliphatic carbocycles. The predicted octanol–water partition coefficient (Wildman–Crippen LogP) is 3.35. The van der Waals surface area contributed by atoms with Crippen LogP contribution in [0.2, 0.25) is 5.15 Å².